The lowest BCUT2D eigenvalue weighted by atomic mass is 9.83. The summed E-state index contributed by atoms with van der Waals surface area (Å²) in [4.78, 5) is 41.1. The second kappa shape index (κ2) is 6.86. The number of amides is 2. The summed E-state index contributed by atoms with van der Waals surface area (Å²) in [6.07, 6.45) is 4.58. The number of carbonyl (C=O) groups excluding carboxylic acids is 2. The van der Waals surface area contributed by atoms with Crippen molar-refractivity contribution in [2.75, 3.05) is 11.9 Å². The number of rotatable bonds is 5. The van der Waals surface area contributed by atoms with Gasteiger partial charge in [-0.3, -0.25) is 15.1 Å². The lowest BCUT2D eigenvalue weighted by Crippen LogP contribution is -2.57. The van der Waals surface area contributed by atoms with Crippen LogP contribution in [0.2, 0.25) is 0 Å². The second-order valence-corrected chi connectivity index (χ2v) is 7.25. The Hall–Kier alpha value is -3.16. The Bertz CT molecular complexity index is 828. The number of hydrogen-bond donors (Lipinski definition) is 2. The highest BCUT2D eigenvalue weighted by molar-refractivity contribution is 6.08. The lowest BCUT2D eigenvalue weighted by molar-refractivity contribution is -0.154. The van der Waals surface area contributed by atoms with Crippen LogP contribution < -0.4 is 5.32 Å². The van der Waals surface area contributed by atoms with Crippen molar-refractivity contribution >= 4 is 29.7 Å². The molecular formula is C19H21N3O5. The van der Waals surface area contributed by atoms with Gasteiger partial charge in [-0.15, -0.1) is 0 Å². The van der Waals surface area contributed by atoms with E-state index in [-0.39, 0.29) is 18.6 Å². The minimum atomic E-state index is -0.980. The van der Waals surface area contributed by atoms with Gasteiger partial charge in [-0.1, -0.05) is 26.5 Å². The molecule has 8 heteroatoms. The Kier molecular flexibility index (Phi) is 4.73. The average molecular weight is 371 g/mol. The number of aromatic nitrogens is 1. The van der Waals surface area contributed by atoms with E-state index in [9.17, 15) is 19.5 Å². The fourth-order valence-electron chi connectivity index (χ4n) is 3.63. The molecule has 0 bridgehead atoms. The number of fused-ring (bicyclic) bond motifs is 1. The number of anilines is 1. The van der Waals surface area contributed by atoms with Gasteiger partial charge >= 0.3 is 12.1 Å². The number of carboxylic acids is 1. The van der Waals surface area contributed by atoms with Gasteiger partial charge in [0.05, 0.1) is 23.6 Å². The molecule has 0 saturated carbocycles. The number of nitrogens with zero attached hydrogens (tertiary/aromatic N) is 2. The van der Waals surface area contributed by atoms with E-state index in [0.29, 0.717) is 23.4 Å². The summed E-state index contributed by atoms with van der Waals surface area (Å²) in [5.74, 6) is -1.25. The molecule has 1 aromatic rings. The molecule has 2 aliphatic rings. The normalized spacial score (nSPS) is 24.1. The molecule has 0 spiro atoms. The molecule has 2 amide bonds. The maximum atomic E-state index is 12.4. The molecule has 2 unspecified atom stereocenters. The molecule has 1 aromatic heterocycles. The summed E-state index contributed by atoms with van der Waals surface area (Å²) in [5, 5.41) is 12.0. The number of ether oxygens (including phenoxy) is 1. The van der Waals surface area contributed by atoms with Crippen molar-refractivity contribution in [3.8, 4) is 0 Å². The zero-order valence-electron chi connectivity index (χ0n) is 15.1. The van der Waals surface area contributed by atoms with Gasteiger partial charge in [0.15, 0.2) is 0 Å². The molecule has 0 aromatic carbocycles. The van der Waals surface area contributed by atoms with Gasteiger partial charge in [0.25, 0.3) is 5.91 Å². The van der Waals surface area contributed by atoms with Crippen molar-refractivity contribution in [2.45, 2.75) is 32.4 Å². The summed E-state index contributed by atoms with van der Waals surface area (Å²) in [5.41, 5.74) is 1.08. The van der Waals surface area contributed by atoms with Crippen LogP contribution in [0.5, 0.6) is 0 Å². The number of nitrogens with one attached hydrogen (secondary N) is 1. The maximum Gasteiger partial charge on any atom is 0.411 e. The highest BCUT2D eigenvalue weighted by Crippen LogP contribution is 2.49. The quantitative estimate of drug-likeness (QED) is 0.467. The smallest absolute Gasteiger partial charge is 0.411 e. The zero-order chi connectivity index (χ0) is 19.8. The van der Waals surface area contributed by atoms with Crippen molar-refractivity contribution in [1.82, 2.24) is 9.88 Å². The fraction of sp³-hybridized carbons (Fsp3) is 0.368. The monoisotopic (exact) mass is 371 g/mol. The topological polar surface area (TPSA) is 109 Å². The summed E-state index contributed by atoms with van der Waals surface area (Å²) < 4.78 is 4.82. The largest absolute Gasteiger partial charge is 0.480 e. The van der Waals surface area contributed by atoms with Crippen LogP contribution in [0.25, 0.3) is 6.08 Å². The fourth-order valence-corrected chi connectivity index (χ4v) is 3.63. The van der Waals surface area contributed by atoms with Gasteiger partial charge in [-0.2, -0.15) is 0 Å². The van der Waals surface area contributed by atoms with E-state index in [1.54, 1.807) is 18.2 Å². The van der Waals surface area contributed by atoms with Crippen molar-refractivity contribution < 1.29 is 24.2 Å². The van der Waals surface area contributed by atoms with Crippen LogP contribution in [0.4, 0.5) is 10.5 Å². The van der Waals surface area contributed by atoms with Crippen LogP contribution in [0.3, 0.4) is 0 Å². The van der Waals surface area contributed by atoms with Crippen LogP contribution in [-0.2, 0) is 14.3 Å². The third-order valence-electron chi connectivity index (χ3n) is 4.82. The first-order valence-corrected chi connectivity index (χ1v) is 8.52. The molecule has 2 atom stereocenters. The number of carboxylic acid groups (broad SMARTS) is 1. The van der Waals surface area contributed by atoms with E-state index in [1.807, 2.05) is 13.8 Å². The Morgan fingerprint density at radius 3 is 2.81 bits per heavy atom. The van der Waals surface area contributed by atoms with Crippen LogP contribution >= 0.6 is 0 Å². The summed E-state index contributed by atoms with van der Waals surface area (Å²) in [6.45, 7) is 7.29. The summed E-state index contributed by atoms with van der Waals surface area (Å²) in [7, 11) is 0. The third-order valence-corrected chi connectivity index (χ3v) is 4.82. The summed E-state index contributed by atoms with van der Waals surface area (Å²) >= 11 is 0. The Morgan fingerprint density at radius 1 is 1.48 bits per heavy atom. The first kappa shape index (κ1) is 18.6. The predicted molar refractivity (Wildman–Crippen MR) is 97.8 cm³/mol. The molecule has 27 heavy (non-hydrogen) atoms. The first-order chi connectivity index (χ1) is 12.7. The molecule has 142 valence electrons. The van der Waals surface area contributed by atoms with Crippen molar-refractivity contribution in [3.63, 3.8) is 0 Å². The molecular weight excluding hydrogens is 350 g/mol. The zero-order valence-corrected chi connectivity index (χ0v) is 15.1. The van der Waals surface area contributed by atoms with Gasteiger partial charge in [0.2, 0.25) is 0 Å². The Labute approximate surface area is 156 Å². The van der Waals surface area contributed by atoms with Crippen LogP contribution in [0, 0.1) is 5.41 Å². The Balaban J connectivity index is 1.71. The molecule has 3 heterocycles. The van der Waals surface area contributed by atoms with Crippen molar-refractivity contribution in [3.05, 3.63) is 42.3 Å². The van der Waals surface area contributed by atoms with Crippen LogP contribution in [0.15, 0.2) is 36.6 Å². The molecule has 2 N–H and O–H groups in total. The lowest BCUT2D eigenvalue weighted by Gasteiger charge is -2.40. The minimum Gasteiger partial charge on any atom is -0.480 e. The van der Waals surface area contributed by atoms with E-state index in [0.717, 1.165) is 0 Å². The standard InChI is InChI=1S/C19H21N3O5/c1-4-7-27-18(26)21-12-6-5-11(20-10-12)8-13-14-9-19(2,3)15(17(24)25)22(14)16(13)23/h4-6,8,10,14-15H,1,7,9H2,2-3H3,(H,21,26)(H,24,25). The molecule has 3 rings (SSSR count). The molecule has 0 aliphatic carbocycles. The first-order valence-electron chi connectivity index (χ1n) is 8.52. The van der Waals surface area contributed by atoms with E-state index in [4.69, 9.17) is 4.74 Å². The molecule has 2 fully saturated rings. The van der Waals surface area contributed by atoms with Gasteiger partial charge in [0.1, 0.15) is 12.6 Å². The highest BCUT2D eigenvalue weighted by atomic mass is 16.5. The van der Waals surface area contributed by atoms with Crippen LogP contribution in [0.1, 0.15) is 26.0 Å². The number of aliphatic carboxylic acids is 1. The highest BCUT2D eigenvalue weighted by Gasteiger charge is 2.60. The van der Waals surface area contributed by atoms with Crippen LogP contribution in [-0.4, -0.2) is 51.7 Å². The van der Waals surface area contributed by atoms with E-state index in [2.05, 4.69) is 16.9 Å². The van der Waals surface area contributed by atoms with E-state index in [1.165, 1.54) is 17.2 Å². The number of hydrogen-bond acceptors (Lipinski definition) is 5. The average Bonchev–Trinajstić information content (AvgIpc) is 2.87. The maximum absolute atomic E-state index is 12.4. The molecule has 2 saturated heterocycles. The molecule has 0 radical (unpaired) electrons. The SMILES string of the molecule is C=CCOC(=O)Nc1ccc(C=C2C(=O)N3C2CC(C)(C)C3C(=O)O)nc1. The van der Waals surface area contributed by atoms with Gasteiger partial charge in [-0.25, -0.2) is 9.59 Å². The van der Waals surface area contributed by atoms with Gasteiger partial charge < -0.3 is 14.7 Å². The second-order valence-electron chi connectivity index (χ2n) is 7.25. The third kappa shape index (κ3) is 3.42. The van der Waals surface area contributed by atoms with Gasteiger partial charge in [0, 0.05) is 5.57 Å². The molecule has 8 nitrogen and oxygen atoms in total. The summed E-state index contributed by atoms with van der Waals surface area (Å²) in [6, 6.07) is 2.30. The Morgan fingerprint density at radius 2 is 2.22 bits per heavy atom. The van der Waals surface area contributed by atoms with E-state index < -0.39 is 23.5 Å². The molecule has 2 aliphatic heterocycles. The van der Waals surface area contributed by atoms with E-state index >= 15 is 0 Å². The number of β-lactam (4-membered cyclic amide) rings is 1. The predicted octanol–water partition coefficient (Wildman–Crippen LogP) is 2.29. The number of carbonyl (C=O) groups is 3. The minimum absolute atomic E-state index is 0.108. The number of pyridine rings is 1. The van der Waals surface area contributed by atoms with Crippen molar-refractivity contribution in [2.24, 2.45) is 5.41 Å². The van der Waals surface area contributed by atoms with Gasteiger partial charge in [-0.05, 0) is 30.0 Å². The van der Waals surface area contributed by atoms with Crippen molar-refractivity contribution in [1.29, 1.82) is 0 Å².